The first-order chi connectivity index (χ1) is 9.74. The molecule has 1 aliphatic heterocycles. The fourth-order valence-corrected chi connectivity index (χ4v) is 2.60. The van der Waals surface area contributed by atoms with E-state index in [9.17, 15) is 4.79 Å². The SMILES string of the molecule is Cc1cc(N)ccc1N1CC[C@H](NC(=O)OC(C)(C)C)C1. The summed E-state index contributed by atoms with van der Waals surface area (Å²) in [6, 6.07) is 6.05. The third kappa shape index (κ3) is 4.28. The third-order valence-electron chi connectivity index (χ3n) is 3.47. The van der Waals surface area contributed by atoms with Crippen molar-refractivity contribution in [2.75, 3.05) is 23.7 Å². The number of amides is 1. The number of nitrogens with one attached hydrogen (secondary N) is 1. The summed E-state index contributed by atoms with van der Waals surface area (Å²) in [6.07, 6.45) is 0.576. The molecule has 1 aromatic carbocycles. The van der Waals surface area contributed by atoms with Crippen molar-refractivity contribution in [1.82, 2.24) is 5.32 Å². The fraction of sp³-hybridized carbons (Fsp3) is 0.562. The topological polar surface area (TPSA) is 67.6 Å². The molecule has 5 heteroatoms. The molecule has 21 heavy (non-hydrogen) atoms. The van der Waals surface area contributed by atoms with Crippen molar-refractivity contribution in [2.24, 2.45) is 0 Å². The molecule has 3 N–H and O–H groups in total. The second-order valence-corrected chi connectivity index (χ2v) is 6.62. The van der Waals surface area contributed by atoms with Gasteiger partial charge in [-0.1, -0.05) is 0 Å². The summed E-state index contributed by atoms with van der Waals surface area (Å²) in [4.78, 5) is 14.1. The Morgan fingerprint density at radius 3 is 2.76 bits per heavy atom. The Kier molecular flexibility index (Phi) is 4.30. The number of hydrogen-bond acceptors (Lipinski definition) is 4. The zero-order chi connectivity index (χ0) is 15.6. The van der Waals surface area contributed by atoms with Crippen molar-refractivity contribution in [3.05, 3.63) is 23.8 Å². The van der Waals surface area contributed by atoms with Crippen LogP contribution in [0.15, 0.2) is 18.2 Å². The van der Waals surface area contributed by atoms with E-state index in [1.807, 2.05) is 39.0 Å². The maximum Gasteiger partial charge on any atom is 0.407 e. The van der Waals surface area contributed by atoms with Crippen LogP contribution in [0, 0.1) is 6.92 Å². The Morgan fingerprint density at radius 2 is 2.14 bits per heavy atom. The molecule has 1 saturated heterocycles. The predicted molar refractivity (Wildman–Crippen MR) is 85.6 cm³/mol. The van der Waals surface area contributed by atoms with Gasteiger partial charge in [-0.05, 0) is 57.9 Å². The van der Waals surface area contributed by atoms with Crippen LogP contribution in [0.4, 0.5) is 16.2 Å². The lowest BCUT2D eigenvalue weighted by atomic mass is 10.1. The van der Waals surface area contributed by atoms with Crippen LogP contribution in [-0.2, 0) is 4.74 Å². The Morgan fingerprint density at radius 1 is 1.43 bits per heavy atom. The highest BCUT2D eigenvalue weighted by Crippen LogP contribution is 2.26. The lowest BCUT2D eigenvalue weighted by molar-refractivity contribution is 0.0509. The van der Waals surface area contributed by atoms with Crippen molar-refractivity contribution in [3.63, 3.8) is 0 Å². The van der Waals surface area contributed by atoms with Crippen LogP contribution in [-0.4, -0.2) is 30.8 Å². The number of anilines is 2. The minimum Gasteiger partial charge on any atom is -0.444 e. The minimum absolute atomic E-state index is 0.122. The van der Waals surface area contributed by atoms with Crippen molar-refractivity contribution < 1.29 is 9.53 Å². The Bertz CT molecular complexity index is 523. The van der Waals surface area contributed by atoms with E-state index in [1.54, 1.807) is 0 Å². The lowest BCUT2D eigenvalue weighted by Gasteiger charge is -2.23. The van der Waals surface area contributed by atoms with Crippen LogP contribution in [0.1, 0.15) is 32.8 Å². The van der Waals surface area contributed by atoms with E-state index >= 15 is 0 Å². The van der Waals surface area contributed by atoms with Crippen LogP contribution < -0.4 is 16.0 Å². The van der Waals surface area contributed by atoms with E-state index in [-0.39, 0.29) is 12.1 Å². The van der Waals surface area contributed by atoms with Gasteiger partial charge in [0.1, 0.15) is 5.60 Å². The van der Waals surface area contributed by atoms with E-state index in [2.05, 4.69) is 17.1 Å². The molecule has 116 valence electrons. The molecule has 0 radical (unpaired) electrons. The van der Waals surface area contributed by atoms with Crippen molar-refractivity contribution in [3.8, 4) is 0 Å². The number of benzene rings is 1. The first-order valence-corrected chi connectivity index (χ1v) is 7.35. The fourth-order valence-electron chi connectivity index (χ4n) is 2.60. The molecule has 1 atom stereocenters. The zero-order valence-corrected chi connectivity index (χ0v) is 13.3. The van der Waals surface area contributed by atoms with Gasteiger partial charge in [0.25, 0.3) is 0 Å². The summed E-state index contributed by atoms with van der Waals surface area (Å²) in [6.45, 7) is 9.37. The summed E-state index contributed by atoms with van der Waals surface area (Å²) in [5.74, 6) is 0. The maximum atomic E-state index is 11.8. The molecule has 1 amide bonds. The van der Waals surface area contributed by atoms with Crippen LogP contribution in [0.3, 0.4) is 0 Å². The summed E-state index contributed by atoms with van der Waals surface area (Å²) < 4.78 is 5.29. The number of carbonyl (C=O) groups excluding carboxylic acids is 1. The highest BCUT2D eigenvalue weighted by Gasteiger charge is 2.26. The minimum atomic E-state index is -0.462. The van der Waals surface area contributed by atoms with Crippen LogP contribution >= 0.6 is 0 Å². The van der Waals surface area contributed by atoms with E-state index < -0.39 is 5.60 Å². The molecule has 1 fully saturated rings. The molecule has 0 aromatic heterocycles. The molecule has 0 unspecified atom stereocenters. The van der Waals surface area contributed by atoms with E-state index in [0.29, 0.717) is 0 Å². The second kappa shape index (κ2) is 5.84. The van der Waals surface area contributed by atoms with Crippen molar-refractivity contribution in [1.29, 1.82) is 0 Å². The third-order valence-corrected chi connectivity index (χ3v) is 3.47. The average Bonchev–Trinajstić information content (AvgIpc) is 2.74. The molecule has 0 bridgehead atoms. The molecule has 1 aromatic rings. The largest absolute Gasteiger partial charge is 0.444 e. The molecule has 0 aliphatic carbocycles. The van der Waals surface area contributed by atoms with Gasteiger partial charge in [0.15, 0.2) is 0 Å². The summed E-state index contributed by atoms with van der Waals surface area (Å²) >= 11 is 0. The van der Waals surface area contributed by atoms with Gasteiger partial charge in [-0.15, -0.1) is 0 Å². The van der Waals surface area contributed by atoms with Gasteiger partial charge in [-0.3, -0.25) is 0 Å². The molecule has 0 spiro atoms. The van der Waals surface area contributed by atoms with E-state index in [0.717, 1.165) is 30.8 Å². The molecule has 5 nitrogen and oxygen atoms in total. The second-order valence-electron chi connectivity index (χ2n) is 6.62. The van der Waals surface area contributed by atoms with Crippen LogP contribution in [0.5, 0.6) is 0 Å². The first-order valence-electron chi connectivity index (χ1n) is 7.35. The Hall–Kier alpha value is -1.91. The lowest BCUT2D eigenvalue weighted by Crippen LogP contribution is -2.40. The normalized spacial score (nSPS) is 18.7. The summed E-state index contributed by atoms with van der Waals surface area (Å²) in [7, 11) is 0. The maximum absolute atomic E-state index is 11.8. The van der Waals surface area contributed by atoms with Gasteiger partial charge in [-0.2, -0.15) is 0 Å². The average molecular weight is 291 g/mol. The first kappa shape index (κ1) is 15.5. The number of alkyl carbamates (subject to hydrolysis) is 1. The Labute approximate surface area is 126 Å². The van der Waals surface area contributed by atoms with Gasteiger partial charge in [-0.25, -0.2) is 4.79 Å². The number of nitrogen functional groups attached to an aromatic ring is 1. The van der Waals surface area contributed by atoms with Gasteiger partial charge < -0.3 is 20.7 Å². The number of hydrogen-bond donors (Lipinski definition) is 2. The standard InChI is InChI=1S/C16H25N3O2/c1-11-9-12(17)5-6-14(11)19-8-7-13(10-19)18-15(20)21-16(2,3)4/h5-6,9,13H,7-8,10,17H2,1-4H3,(H,18,20)/t13-/m0/s1. The number of nitrogens with two attached hydrogens (primary N) is 1. The van der Waals surface area contributed by atoms with Crippen molar-refractivity contribution in [2.45, 2.75) is 45.8 Å². The van der Waals surface area contributed by atoms with Crippen molar-refractivity contribution >= 4 is 17.5 Å². The summed E-state index contributed by atoms with van der Waals surface area (Å²) in [5.41, 5.74) is 8.44. The predicted octanol–water partition coefficient (Wildman–Crippen LogP) is 2.68. The van der Waals surface area contributed by atoms with Crippen LogP contribution in [0.25, 0.3) is 0 Å². The summed E-state index contributed by atoms with van der Waals surface area (Å²) in [5, 5.41) is 2.94. The molecule has 1 aliphatic rings. The molecular formula is C16H25N3O2. The highest BCUT2D eigenvalue weighted by atomic mass is 16.6. The van der Waals surface area contributed by atoms with Crippen LogP contribution in [0.2, 0.25) is 0 Å². The number of ether oxygens (including phenoxy) is 1. The highest BCUT2D eigenvalue weighted by molar-refractivity contribution is 5.68. The molecule has 1 heterocycles. The smallest absolute Gasteiger partial charge is 0.407 e. The van der Waals surface area contributed by atoms with E-state index in [1.165, 1.54) is 5.69 Å². The van der Waals surface area contributed by atoms with Gasteiger partial charge in [0.05, 0.1) is 6.04 Å². The number of rotatable bonds is 2. The number of nitrogens with zero attached hydrogens (tertiary/aromatic N) is 1. The number of aryl methyl sites for hydroxylation is 1. The monoisotopic (exact) mass is 291 g/mol. The Balaban J connectivity index is 1.93. The zero-order valence-electron chi connectivity index (χ0n) is 13.3. The van der Waals surface area contributed by atoms with Gasteiger partial charge in [0, 0.05) is 24.5 Å². The molecular weight excluding hydrogens is 266 g/mol. The molecule has 2 rings (SSSR count). The molecule has 0 saturated carbocycles. The number of carbonyl (C=O) groups is 1. The van der Waals surface area contributed by atoms with Gasteiger partial charge in [0.2, 0.25) is 0 Å². The van der Waals surface area contributed by atoms with Gasteiger partial charge >= 0.3 is 6.09 Å². The quantitative estimate of drug-likeness (QED) is 0.822. The van der Waals surface area contributed by atoms with E-state index in [4.69, 9.17) is 10.5 Å².